The molecule has 1 N–H and O–H groups in total. The normalized spacial score (nSPS) is 10.7. The number of amides is 1. The molecular weight excluding hydrogens is 382 g/mol. The number of anilines is 1. The molecule has 6 nitrogen and oxygen atoms in total. The van der Waals surface area contributed by atoms with Crippen molar-refractivity contribution in [2.45, 2.75) is 18.1 Å². The van der Waals surface area contributed by atoms with E-state index in [9.17, 15) is 4.79 Å². The summed E-state index contributed by atoms with van der Waals surface area (Å²) >= 11 is 7.29. The van der Waals surface area contributed by atoms with Crippen molar-refractivity contribution in [1.29, 1.82) is 0 Å². The molecule has 3 aromatic rings. The zero-order valence-electron chi connectivity index (χ0n) is 14.9. The van der Waals surface area contributed by atoms with Gasteiger partial charge in [-0.1, -0.05) is 35.5 Å². The van der Waals surface area contributed by atoms with Crippen molar-refractivity contribution in [1.82, 2.24) is 19.3 Å². The lowest BCUT2D eigenvalue weighted by Gasteiger charge is -2.09. The van der Waals surface area contributed by atoms with Crippen molar-refractivity contribution in [2.24, 2.45) is 7.05 Å². The number of carbonyl (C=O) groups excluding carboxylic acids is 1. The Hall–Kier alpha value is -2.51. The van der Waals surface area contributed by atoms with Gasteiger partial charge in [0.1, 0.15) is 5.82 Å². The summed E-state index contributed by atoms with van der Waals surface area (Å²) in [7, 11) is 2.00. The molecule has 8 heteroatoms. The van der Waals surface area contributed by atoms with Crippen LogP contribution in [0.4, 0.5) is 5.69 Å². The van der Waals surface area contributed by atoms with Crippen molar-refractivity contribution in [3.63, 3.8) is 0 Å². The third kappa shape index (κ3) is 5.02. The highest BCUT2D eigenvalue weighted by Crippen LogP contribution is 2.20. The average molecular weight is 402 g/mol. The molecule has 0 bridgehead atoms. The van der Waals surface area contributed by atoms with Gasteiger partial charge < -0.3 is 14.5 Å². The fraction of sp³-hybridized carbons (Fsp3) is 0.211. The van der Waals surface area contributed by atoms with E-state index in [1.807, 2.05) is 23.9 Å². The van der Waals surface area contributed by atoms with Crippen LogP contribution >= 0.6 is 23.4 Å². The van der Waals surface area contributed by atoms with Gasteiger partial charge in [-0.2, -0.15) is 0 Å². The van der Waals surface area contributed by atoms with Crippen LogP contribution in [-0.2, 0) is 24.8 Å². The average Bonchev–Trinajstić information content (AvgIpc) is 3.21. The van der Waals surface area contributed by atoms with Crippen LogP contribution in [0.2, 0.25) is 5.02 Å². The number of allylic oxidation sites excluding steroid dienone is 1. The third-order valence-corrected chi connectivity index (χ3v) is 5.14. The largest absolute Gasteiger partial charge is 0.354 e. The first-order chi connectivity index (χ1) is 13.1. The van der Waals surface area contributed by atoms with Crippen molar-refractivity contribution in [3.8, 4) is 0 Å². The smallest absolute Gasteiger partial charge is 0.234 e. The Labute approximate surface area is 167 Å². The molecule has 0 atom stereocenters. The lowest BCUT2D eigenvalue weighted by atomic mass is 10.3. The van der Waals surface area contributed by atoms with Gasteiger partial charge in [-0.05, 0) is 30.3 Å². The highest BCUT2D eigenvalue weighted by molar-refractivity contribution is 7.99. The summed E-state index contributed by atoms with van der Waals surface area (Å²) in [5.74, 6) is 0.945. The fourth-order valence-corrected chi connectivity index (χ4v) is 3.56. The molecular formula is C19H20ClN5OS. The molecule has 0 fully saturated rings. The molecule has 27 heavy (non-hydrogen) atoms. The predicted octanol–water partition coefficient (Wildman–Crippen LogP) is 3.78. The van der Waals surface area contributed by atoms with E-state index in [1.165, 1.54) is 11.8 Å². The topological polar surface area (TPSA) is 64.7 Å². The van der Waals surface area contributed by atoms with Crippen molar-refractivity contribution in [2.75, 3.05) is 11.1 Å². The van der Waals surface area contributed by atoms with Crippen LogP contribution in [0.15, 0.2) is 60.4 Å². The first kappa shape index (κ1) is 19.3. The Morgan fingerprint density at radius 2 is 2.19 bits per heavy atom. The number of nitrogens with one attached hydrogen (secondary N) is 1. The van der Waals surface area contributed by atoms with Crippen molar-refractivity contribution < 1.29 is 4.79 Å². The van der Waals surface area contributed by atoms with Crippen LogP contribution in [0.1, 0.15) is 11.5 Å². The van der Waals surface area contributed by atoms with Crippen molar-refractivity contribution in [3.05, 3.63) is 71.8 Å². The molecule has 3 rings (SSSR count). The Bertz CT molecular complexity index is 949. The van der Waals surface area contributed by atoms with E-state index in [-0.39, 0.29) is 11.7 Å². The van der Waals surface area contributed by atoms with Crippen LogP contribution in [0.3, 0.4) is 0 Å². The predicted molar refractivity (Wildman–Crippen MR) is 109 cm³/mol. The Morgan fingerprint density at radius 1 is 1.33 bits per heavy atom. The number of hydrogen-bond acceptors (Lipinski definition) is 4. The van der Waals surface area contributed by atoms with E-state index in [0.717, 1.165) is 11.5 Å². The summed E-state index contributed by atoms with van der Waals surface area (Å²) in [5.41, 5.74) is 1.81. The van der Waals surface area contributed by atoms with Crippen LogP contribution in [0.5, 0.6) is 0 Å². The van der Waals surface area contributed by atoms with Gasteiger partial charge in [0.05, 0.1) is 5.75 Å². The van der Waals surface area contributed by atoms with Crippen molar-refractivity contribution >= 4 is 35.0 Å². The SMILES string of the molecule is C=CCn1c(Cc2cccn2C)nnc1SCC(=O)Nc1cccc(Cl)c1. The summed E-state index contributed by atoms with van der Waals surface area (Å²) in [5, 5.41) is 12.7. The van der Waals surface area contributed by atoms with Gasteiger partial charge in [0, 0.05) is 42.6 Å². The lowest BCUT2D eigenvalue weighted by molar-refractivity contribution is -0.113. The van der Waals surface area contributed by atoms with Gasteiger partial charge >= 0.3 is 0 Å². The molecule has 1 amide bonds. The minimum atomic E-state index is -0.126. The van der Waals surface area contributed by atoms with E-state index in [0.29, 0.717) is 28.8 Å². The number of thioether (sulfide) groups is 1. The summed E-state index contributed by atoms with van der Waals surface area (Å²) in [6, 6.07) is 11.1. The molecule has 0 unspecified atom stereocenters. The van der Waals surface area contributed by atoms with Gasteiger partial charge in [-0.3, -0.25) is 4.79 Å². The summed E-state index contributed by atoms with van der Waals surface area (Å²) in [4.78, 5) is 12.2. The zero-order chi connectivity index (χ0) is 19.2. The standard InChI is InChI=1S/C19H20ClN5OS/c1-3-9-25-17(12-16-8-5-10-24(16)2)22-23-19(25)27-13-18(26)21-15-7-4-6-14(20)11-15/h3-8,10-11H,1,9,12-13H2,2H3,(H,21,26). The zero-order valence-corrected chi connectivity index (χ0v) is 16.5. The molecule has 140 valence electrons. The van der Waals surface area contributed by atoms with E-state index in [2.05, 4.69) is 32.7 Å². The summed E-state index contributed by atoms with van der Waals surface area (Å²) in [6.07, 6.45) is 4.47. The molecule has 0 saturated heterocycles. The summed E-state index contributed by atoms with van der Waals surface area (Å²) < 4.78 is 4.04. The molecule has 2 heterocycles. The van der Waals surface area contributed by atoms with Gasteiger partial charge in [0.25, 0.3) is 0 Å². The number of nitrogens with zero attached hydrogens (tertiary/aromatic N) is 4. The third-order valence-electron chi connectivity index (χ3n) is 3.94. The molecule has 2 aromatic heterocycles. The van der Waals surface area contributed by atoms with Gasteiger partial charge in [0.15, 0.2) is 5.16 Å². The van der Waals surface area contributed by atoms with E-state index in [1.54, 1.807) is 30.3 Å². The van der Waals surface area contributed by atoms with E-state index in [4.69, 9.17) is 11.6 Å². The first-order valence-corrected chi connectivity index (χ1v) is 9.74. The van der Waals surface area contributed by atoms with Gasteiger partial charge in [-0.25, -0.2) is 0 Å². The van der Waals surface area contributed by atoms with Crippen LogP contribution in [-0.4, -0.2) is 31.0 Å². The van der Waals surface area contributed by atoms with E-state index < -0.39 is 0 Å². The quantitative estimate of drug-likeness (QED) is 0.461. The lowest BCUT2D eigenvalue weighted by Crippen LogP contribution is -2.15. The Kier molecular flexibility index (Phi) is 6.36. The van der Waals surface area contributed by atoms with E-state index >= 15 is 0 Å². The molecule has 0 saturated carbocycles. The Morgan fingerprint density at radius 3 is 2.89 bits per heavy atom. The number of halogens is 1. The minimum absolute atomic E-state index is 0.126. The number of rotatable bonds is 8. The molecule has 0 aliphatic carbocycles. The number of aryl methyl sites for hydroxylation is 1. The number of aromatic nitrogens is 4. The fourth-order valence-electron chi connectivity index (χ4n) is 2.60. The number of carbonyl (C=O) groups is 1. The second-order valence-electron chi connectivity index (χ2n) is 5.93. The second-order valence-corrected chi connectivity index (χ2v) is 7.31. The maximum atomic E-state index is 12.2. The highest BCUT2D eigenvalue weighted by Gasteiger charge is 2.15. The van der Waals surface area contributed by atoms with Crippen LogP contribution < -0.4 is 5.32 Å². The van der Waals surface area contributed by atoms with Crippen LogP contribution in [0.25, 0.3) is 0 Å². The van der Waals surface area contributed by atoms with Gasteiger partial charge in [-0.15, -0.1) is 16.8 Å². The van der Waals surface area contributed by atoms with Crippen LogP contribution in [0, 0.1) is 0 Å². The number of benzene rings is 1. The minimum Gasteiger partial charge on any atom is -0.354 e. The molecule has 1 aromatic carbocycles. The second kappa shape index (κ2) is 8.92. The first-order valence-electron chi connectivity index (χ1n) is 8.38. The highest BCUT2D eigenvalue weighted by atomic mass is 35.5. The molecule has 0 radical (unpaired) electrons. The molecule has 0 aliphatic heterocycles. The Balaban J connectivity index is 1.66. The maximum absolute atomic E-state index is 12.2. The number of hydrogen-bond donors (Lipinski definition) is 1. The molecule has 0 spiro atoms. The summed E-state index contributed by atoms with van der Waals surface area (Å²) in [6.45, 7) is 4.40. The molecule has 0 aliphatic rings. The monoisotopic (exact) mass is 401 g/mol. The maximum Gasteiger partial charge on any atom is 0.234 e. The van der Waals surface area contributed by atoms with Gasteiger partial charge in [0.2, 0.25) is 5.91 Å².